The fourth-order valence-electron chi connectivity index (χ4n) is 4.39. The second kappa shape index (κ2) is 5.92. The Bertz CT molecular complexity index is 258. The number of hydrogen-bond acceptors (Lipinski definition) is 2. The van der Waals surface area contributed by atoms with Gasteiger partial charge in [-0.3, -0.25) is 4.90 Å². The van der Waals surface area contributed by atoms with Crippen LogP contribution in [-0.2, 0) is 0 Å². The molecule has 0 heterocycles. The van der Waals surface area contributed by atoms with Crippen LogP contribution in [0.5, 0.6) is 0 Å². The normalized spacial score (nSPS) is 31.7. The predicted octanol–water partition coefficient (Wildman–Crippen LogP) is 3.44. The van der Waals surface area contributed by atoms with Crippen LogP contribution in [-0.4, -0.2) is 35.2 Å². The van der Waals surface area contributed by atoms with Gasteiger partial charge in [0, 0.05) is 12.6 Å². The van der Waals surface area contributed by atoms with Crippen molar-refractivity contribution in [3.05, 3.63) is 0 Å². The lowest BCUT2D eigenvalue weighted by Gasteiger charge is -2.49. The topological polar surface area (TPSA) is 23.5 Å². The largest absolute Gasteiger partial charge is 0.393 e. The fourth-order valence-corrected chi connectivity index (χ4v) is 4.39. The number of nitrogens with zero attached hydrogens (tertiary/aromatic N) is 1. The lowest BCUT2D eigenvalue weighted by molar-refractivity contribution is -0.0284. The quantitative estimate of drug-likeness (QED) is 0.829. The van der Waals surface area contributed by atoms with E-state index >= 15 is 0 Å². The molecule has 2 unspecified atom stereocenters. The second-order valence-corrected chi connectivity index (χ2v) is 6.99. The number of hydrogen-bond donors (Lipinski definition) is 1. The molecule has 2 atom stereocenters. The molecule has 0 aliphatic heterocycles. The molecule has 1 spiro atoms. The lowest BCUT2D eigenvalue weighted by Crippen LogP contribution is -2.52. The molecule has 0 amide bonds. The third-order valence-corrected chi connectivity index (χ3v) is 5.22. The van der Waals surface area contributed by atoms with Crippen molar-refractivity contribution < 1.29 is 5.11 Å². The van der Waals surface area contributed by atoms with E-state index in [2.05, 4.69) is 25.7 Å². The Morgan fingerprint density at radius 3 is 2.44 bits per heavy atom. The van der Waals surface area contributed by atoms with Crippen LogP contribution in [0.15, 0.2) is 0 Å². The Kier molecular flexibility index (Phi) is 4.71. The van der Waals surface area contributed by atoms with E-state index < -0.39 is 0 Å². The zero-order chi connectivity index (χ0) is 13.2. The van der Waals surface area contributed by atoms with E-state index in [4.69, 9.17) is 0 Å². The van der Waals surface area contributed by atoms with Crippen molar-refractivity contribution in [2.24, 2.45) is 11.3 Å². The van der Waals surface area contributed by atoms with Gasteiger partial charge in [-0.2, -0.15) is 0 Å². The van der Waals surface area contributed by atoms with Gasteiger partial charge in [0.25, 0.3) is 0 Å². The molecule has 18 heavy (non-hydrogen) atoms. The fraction of sp³-hybridized carbons (Fsp3) is 1.00. The summed E-state index contributed by atoms with van der Waals surface area (Å²) in [4.78, 5) is 2.67. The number of aliphatic hydroxyl groups is 1. The van der Waals surface area contributed by atoms with Crippen LogP contribution in [0, 0.1) is 11.3 Å². The minimum absolute atomic E-state index is 0.0533. The number of aliphatic hydroxyl groups excluding tert-OH is 1. The Balaban J connectivity index is 2.13. The van der Waals surface area contributed by atoms with Crippen molar-refractivity contribution in [3.63, 3.8) is 0 Å². The summed E-state index contributed by atoms with van der Waals surface area (Å²) in [6, 6.07) is 0.635. The Morgan fingerprint density at radius 1 is 1.22 bits per heavy atom. The minimum Gasteiger partial charge on any atom is -0.393 e. The van der Waals surface area contributed by atoms with Crippen LogP contribution in [0.1, 0.15) is 65.7 Å². The van der Waals surface area contributed by atoms with Crippen molar-refractivity contribution in [1.82, 2.24) is 4.90 Å². The van der Waals surface area contributed by atoms with Crippen LogP contribution in [0.25, 0.3) is 0 Å². The van der Waals surface area contributed by atoms with Crippen molar-refractivity contribution in [3.8, 4) is 0 Å². The van der Waals surface area contributed by atoms with Gasteiger partial charge in [-0.05, 0) is 50.0 Å². The van der Waals surface area contributed by atoms with Crippen LogP contribution < -0.4 is 0 Å². The highest BCUT2D eigenvalue weighted by Gasteiger charge is 2.46. The van der Waals surface area contributed by atoms with Gasteiger partial charge in [0.15, 0.2) is 0 Å². The van der Waals surface area contributed by atoms with Gasteiger partial charge in [0.05, 0.1) is 6.10 Å². The minimum atomic E-state index is -0.0533. The molecule has 2 fully saturated rings. The average Bonchev–Trinajstić information content (AvgIpc) is 2.79. The van der Waals surface area contributed by atoms with Gasteiger partial charge in [-0.1, -0.05) is 33.6 Å². The van der Waals surface area contributed by atoms with E-state index in [9.17, 15) is 5.11 Å². The molecule has 0 aromatic heterocycles. The molecule has 2 rings (SSSR count). The SMILES string of the molecule is CCN(CC(C)C)C1CC(O)CCC12CCCC2. The van der Waals surface area contributed by atoms with Crippen LogP contribution in [0.3, 0.4) is 0 Å². The third-order valence-electron chi connectivity index (χ3n) is 5.22. The maximum atomic E-state index is 10.1. The lowest BCUT2D eigenvalue weighted by atomic mass is 9.67. The van der Waals surface area contributed by atoms with Gasteiger partial charge in [0.2, 0.25) is 0 Å². The maximum Gasteiger partial charge on any atom is 0.0555 e. The average molecular weight is 253 g/mol. The van der Waals surface area contributed by atoms with E-state index in [1.165, 1.54) is 38.6 Å². The zero-order valence-corrected chi connectivity index (χ0v) is 12.5. The molecule has 0 aromatic rings. The standard InChI is InChI=1S/C16H31NO/c1-4-17(12-13(2)3)15-11-14(18)7-10-16(15)8-5-6-9-16/h13-15,18H,4-12H2,1-3H3. The summed E-state index contributed by atoms with van der Waals surface area (Å²) in [5.74, 6) is 0.725. The van der Waals surface area contributed by atoms with E-state index in [1.807, 2.05) is 0 Å². The molecule has 0 radical (unpaired) electrons. The first-order chi connectivity index (χ1) is 8.57. The summed E-state index contributed by atoms with van der Waals surface area (Å²) in [6.07, 6.45) is 8.88. The van der Waals surface area contributed by atoms with E-state index in [1.54, 1.807) is 0 Å². The molecule has 2 aliphatic carbocycles. The van der Waals surface area contributed by atoms with E-state index in [0.29, 0.717) is 11.5 Å². The molecular formula is C16H31NO. The van der Waals surface area contributed by atoms with Gasteiger partial charge in [-0.15, -0.1) is 0 Å². The number of rotatable bonds is 4. The Morgan fingerprint density at radius 2 is 1.89 bits per heavy atom. The molecule has 2 heteroatoms. The highest BCUT2D eigenvalue weighted by molar-refractivity contribution is 5.00. The van der Waals surface area contributed by atoms with Gasteiger partial charge in [0.1, 0.15) is 0 Å². The molecule has 2 nitrogen and oxygen atoms in total. The van der Waals surface area contributed by atoms with Crippen LogP contribution >= 0.6 is 0 Å². The summed E-state index contributed by atoms with van der Waals surface area (Å²) in [6.45, 7) is 9.23. The predicted molar refractivity (Wildman–Crippen MR) is 76.6 cm³/mol. The Hall–Kier alpha value is -0.0800. The van der Waals surface area contributed by atoms with E-state index in [0.717, 1.165) is 25.3 Å². The first kappa shape index (κ1) is 14.3. The van der Waals surface area contributed by atoms with Crippen molar-refractivity contribution in [2.45, 2.75) is 77.9 Å². The van der Waals surface area contributed by atoms with Gasteiger partial charge < -0.3 is 5.11 Å². The molecule has 1 N–H and O–H groups in total. The highest BCUT2D eigenvalue weighted by atomic mass is 16.3. The van der Waals surface area contributed by atoms with Crippen molar-refractivity contribution >= 4 is 0 Å². The molecule has 106 valence electrons. The second-order valence-electron chi connectivity index (χ2n) is 6.99. The summed E-state index contributed by atoms with van der Waals surface area (Å²) in [5, 5.41) is 10.1. The zero-order valence-electron chi connectivity index (χ0n) is 12.5. The van der Waals surface area contributed by atoms with Crippen molar-refractivity contribution in [2.75, 3.05) is 13.1 Å². The first-order valence-electron chi connectivity index (χ1n) is 7.99. The van der Waals surface area contributed by atoms with Gasteiger partial charge >= 0.3 is 0 Å². The van der Waals surface area contributed by atoms with Crippen molar-refractivity contribution in [1.29, 1.82) is 0 Å². The monoisotopic (exact) mass is 253 g/mol. The maximum absolute atomic E-state index is 10.1. The van der Waals surface area contributed by atoms with Crippen LogP contribution in [0.4, 0.5) is 0 Å². The van der Waals surface area contributed by atoms with E-state index in [-0.39, 0.29) is 6.10 Å². The highest BCUT2D eigenvalue weighted by Crippen LogP contribution is 2.51. The molecule has 0 bridgehead atoms. The molecule has 0 saturated heterocycles. The third kappa shape index (κ3) is 2.91. The molecule has 0 aromatic carbocycles. The summed E-state index contributed by atoms with van der Waals surface area (Å²) in [7, 11) is 0. The van der Waals surface area contributed by atoms with Crippen LogP contribution in [0.2, 0.25) is 0 Å². The summed E-state index contributed by atoms with van der Waals surface area (Å²) in [5.41, 5.74) is 0.546. The molecule has 2 aliphatic rings. The summed E-state index contributed by atoms with van der Waals surface area (Å²) < 4.78 is 0. The molecular weight excluding hydrogens is 222 g/mol. The smallest absolute Gasteiger partial charge is 0.0555 e. The Labute approximate surface area is 113 Å². The van der Waals surface area contributed by atoms with Gasteiger partial charge in [-0.25, -0.2) is 0 Å². The first-order valence-corrected chi connectivity index (χ1v) is 7.99. The summed E-state index contributed by atoms with van der Waals surface area (Å²) >= 11 is 0. The molecule has 2 saturated carbocycles.